The lowest BCUT2D eigenvalue weighted by Crippen LogP contribution is -2.23. The van der Waals surface area contributed by atoms with Gasteiger partial charge >= 0.3 is 5.97 Å². The molecule has 0 spiro atoms. The largest absolute Gasteiger partial charge is 0.480 e. The summed E-state index contributed by atoms with van der Waals surface area (Å²) in [5.74, 6) is -0.771. The zero-order chi connectivity index (χ0) is 14.2. The van der Waals surface area contributed by atoms with Crippen LogP contribution in [0.3, 0.4) is 0 Å². The summed E-state index contributed by atoms with van der Waals surface area (Å²) in [7, 11) is 0. The summed E-state index contributed by atoms with van der Waals surface area (Å²) in [5, 5.41) is 11.3. The van der Waals surface area contributed by atoms with E-state index in [9.17, 15) is 4.79 Å². The van der Waals surface area contributed by atoms with Crippen LogP contribution >= 0.6 is 0 Å². The molecule has 0 saturated heterocycles. The highest BCUT2D eigenvalue weighted by atomic mass is 16.4. The maximum atomic E-state index is 10.2. The molecule has 0 unspecified atom stereocenters. The normalized spacial score (nSPS) is 11.2. The summed E-state index contributed by atoms with van der Waals surface area (Å²) in [5.41, 5.74) is 0. The van der Waals surface area contributed by atoms with Gasteiger partial charge < -0.3 is 10.4 Å². The Kier molecular flexibility index (Phi) is 14.6. The highest BCUT2D eigenvalue weighted by Gasteiger charge is 1.94. The first kappa shape index (κ1) is 18.2. The Morgan fingerprint density at radius 2 is 1.53 bits per heavy atom. The van der Waals surface area contributed by atoms with Crippen molar-refractivity contribution in [2.45, 2.75) is 71.1 Å². The molecular formula is C16H31NO2. The van der Waals surface area contributed by atoms with Crippen molar-refractivity contribution in [3.8, 4) is 0 Å². The summed E-state index contributed by atoms with van der Waals surface area (Å²) < 4.78 is 0. The molecule has 0 aliphatic heterocycles. The average molecular weight is 269 g/mol. The van der Waals surface area contributed by atoms with Crippen molar-refractivity contribution in [2.24, 2.45) is 0 Å². The molecule has 0 aliphatic carbocycles. The first-order valence-electron chi connectivity index (χ1n) is 7.85. The van der Waals surface area contributed by atoms with Gasteiger partial charge in [0.1, 0.15) is 0 Å². The molecule has 0 rings (SSSR count). The maximum absolute atomic E-state index is 10.2. The summed E-state index contributed by atoms with van der Waals surface area (Å²) in [6, 6.07) is 0. The number of rotatable bonds is 14. The predicted octanol–water partition coefficient (Wildman–Crippen LogP) is 4.14. The van der Waals surface area contributed by atoms with Gasteiger partial charge in [-0.1, -0.05) is 57.6 Å². The van der Waals surface area contributed by atoms with Crippen LogP contribution in [-0.2, 0) is 4.79 Å². The molecule has 0 heterocycles. The van der Waals surface area contributed by atoms with Crippen LogP contribution in [0.1, 0.15) is 71.1 Å². The Morgan fingerprint density at radius 1 is 0.947 bits per heavy atom. The second-order valence-corrected chi connectivity index (χ2v) is 5.09. The highest BCUT2D eigenvalue weighted by Crippen LogP contribution is 2.07. The van der Waals surface area contributed by atoms with Crippen molar-refractivity contribution in [1.29, 1.82) is 0 Å². The van der Waals surface area contributed by atoms with Crippen LogP contribution in [0.4, 0.5) is 0 Å². The first-order chi connectivity index (χ1) is 9.27. The van der Waals surface area contributed by atoms with Crippen molar-refractivity contribution >= 4 is 5.97 Å². The minimum atomic E-state index is -0.771. The van der Waals surface area contributed by atoms with Gasteiger partial charge in [-0.3, -0.25) is 4.79 Å². The van der Waals surface area contributed by atoms with Crippen LogP contribution in [0.15, 0.2) is 12.2 Å². The van der Waals surface area contributed by atoms with E-state index >= 15 is 0 Å². The number of carbonyl (C=O) groups is 1. The van der Waals surface area contributed by atoms with Crippen LogP contribution in [0, 0.1) is 0 Å². The van der Waals surface area contributed by atoms with Gasteiger partial charge in [0.15, 0.2) is 0 Å². The molecule has 0 aromatic rings. The molecule has 0 radical (unpaired) electrons. The number of nitrogens with one attached hydrogen (secondary N) is 1. The lowest BCUT2D eigenvalue weighted by molar-refractivity contribution is -0.135. The monoisotopic (exact) mass is 269 g/mol. The summed E-state index contributed by atoms with van der Waals surface area (Å²) in [6.45, 7) is 3.14. The molecule has 0 bridgehead atoms. The molecule has 0 amide bonds. The SMILES string of the molecule is CCCC/C=C\CCCCCCCCNCC(=O)O. The van der Waals surface area contributed by atoms with Gasteiger partial charge in [-0.15, -0.1) is 0 Å². The van der Waals surface area contributed by atoms with Gasteiger partial charge in [0.2, 0.25) is 0 Å². The van der Waals surface area contributed by atoms with Crippen LogP contribution in [-0.4, -0.2) is 24.2 Å². The van der Waals surface area contributed by atoms with E-state index in [1.807, 2.05) is 0 Å². The van der Waals surface area contributed by atoms with Crippen LogP contribution in [0.2, 0.25) is 0 Å². The van der Waals surface area contributed by atoms with Crippen molar-refractivity contribution in [3.63, 3.8) is 0 Å². The smallest absolute Gasteiger partial charge is 0.317 e. The number of allylic oxidation sites excluding steroid dienone is 2. The fourth-order valence-electron chi connectivity index (χ4n) is 1.97. The quantitative estimate of drug-likeness (QED) is 0.368. The fraction of sp³-hybridized carbons (Fsp3) is 0.812. The molecule has 3 nitrogen and oxygen atoms in total. The molecular weight excluding hydrogens is 238 g/mol. The molecule has 0 aliphatic rings. The molecule has 19 heavy (non-hydrogen) atoms. The lowest BCUT2D eigenvalue weighted by atomic mass is 10.1. The van der Waals surface area contributed by atoms with Crippen LogP contribution < -0.4 is 5.32 Å². The highest BCUT2D eigenvalue weighted by molar-refractivity contribution is 5.68. The zero-order valence-corrected chi connectivity index (χ0v) is 12.5. The van der Waals surface area contributed by atoms with Gasteiger partial charge in [0, 0.05) is 0 Å². The van der Waals surface area contributed by atoms with Crippen LogP contribution in [0.25, 0.3) is 0 Å². The first-order valence-corrected chi connectivity index (χ1v) is 7.85. The van der Waals surface area contributed by atoms with E-state index < -0.39 is 5.97 Å². The standard InChI is InChI=1S/C16H31NO2/c1-2-3-4-5-6-7-8-9-10-11-12-13-14-17-15-16(18)19/h5-6,17H,2-4,7-15H2,1H3,(H,18,19)/b6-5-. The van der Waals surface area contributed by atoms with Crippen molar-refractivity contribution in [3.05, 3.63) is 12.2 Å². The zero-order valence-electron chi connectivity index (χ0n) is 12.5. The third-order valence-electron chi connectivity index (χ3n) is 3.14. The van der Waals surface area contributed by atoms with Crippen molar-refractivity contribution < 1.29 is 9.90 Å². The van der Waals surface area contributed by atoms with Crippen molar-refractivity contribution in [1.82, 2.24) is 5.32 Å². The summed E-state index contributed by atoms with van der Waals surface area (Å²) in [4.78, 5) is 10.2. The Bertz CT molecular complexity index is 227. The van der Waals surface area contributed by atoms with Gasteiger partial charge in [-0.2, -0.15) is 0 Å². The van der Waals surface area contributed by atoms with Gasteiger partial charge in [0.25, 0.3) is 0 Å². The predicted molar refractivity (Wildman–Crippen MR) is 81.5 cm³/mol. The molecule has 0 aromatic carbocycles. The van der Waals surface area contributed by atoms with E-state index in [4.69, 9.17) is 5.11 Å². The van der Waals surface area contributed by atoms with E-state index in [1.54, 1.807) is 0 Å². The molecule has 3 heteroatoms. The van der Waals surface area contributed by atoms with E-state index in [1.165, 1.54) is 57.8 Å². The molecule has 0 aromatic heterocycles. The summed E-state index contributed by atoms with van der Waals surface area (Å²) >= 11 is 0. The van der Waals surface area contributed by atoms with E-state index in [0.717, 1.165) is 13.0 Å². The number of carboxylic acid groups (broad SMARTS) is 1. The van der Waals surface area contributed by atoms with Crippen molar-refractivity contribution in [2.75, 3.05) is 13.1 Å². The molecule has 2 N–H and O–H groups in total. The van der Waals surface area contributed by atoms with E-state index in [2.05, 4.69) is 24.4 Å². The van der Waals surface area contributed by atoms with Gasteiger partial charge in [-0.25, -0.2) is 0 Å². The topological polar surface area (TPSA) is 49.3 Å². The Balaban J connectivity index is 3.02. The third kappa shape index (κ3) is 17.2. The molecule has 0 atom stereocenters. The third-order valence-corrected chi connectivity index (χ3v) is 3.14. The number of hydrogen-bond acceptors (Lipinski definition) is 2. The maximum Gasteiger partial charge on any atom is 0.317 e. The lowest BCUT2D eigenvalue weighted by Gasteiger charge is -2.02. The minimum absolute atomic E-state index is 0.0877. The van der Waals surface area contributed by atoms with E-state index in [0.29, 0.717) is 0 Å². The molecule has 0 saturated carbocycles. The summed E-state index contributed by atoms with van der Waals surface area (Å²) in [6.07, 6.45) is 17.2. The van der Waals surface area contributed by atoms with E-state index in [-0.39, 0.29) is 6.54 Å². The fourth-order valence-corrected chi connectivity index (χ4v) is 1.97. The van der Waals surface area contributed by atoms with Gasteiger partial charge in [0.05, 0.1) is 6.54 Å². The Labute approximate surface area is 118 Å². The Hall–Kier alpha value is -0.830. The second-order valence-electron chi connectivity index (χ2n) is 5.09. The second kappa shape index (κ2) is 15.2. The van der Waals surface area contributed by atoms with Crippen LogP contribution in [0.5, 0.6) is 0 Å². The Morgan fingerprint density at radius 3 is 2.16 bits per heavy atom. The number of hydrogen-bond donors (Lipinski definition) is 2. The average Bonchev–Trinajstić information content (AvgIpc) is 2.39. The number of unbranched alkanes of at least 4 members (excludes halogenated alkanes) is 8. The number of carboxylic acids is 1. The molecule has 112 valence electrons. The number of aliphatic carboxylic acids is 1. The van der Waals surface area contributed by atoms with Gasteiger partial charge in [-0.05, 0) is 32.2 Å². The molecule has 0 fully saturated rings. The minimum Gasteiger partial charge on any atom is -0.480 e.